The molecule has 1 aromatic rings. The molecule has 2 rings (SSSR count). The molecule has 1 heterocycles. The molecule has 0 bridgehead atoms. The lowest BCUT2D eigenvalue weighted by atomic mass is 10.0. The van der Waals surface area contributed by atoms with Gasteiger partial charge >= 0.3 is 6.09 Å². The van der Waals surface area contributed by atoms with Crippen molar-refractivity contribution < 1.29 is 19.1 Å². The van der Waals surface area contributed by atoms with Gasteiger partial charge in [0.1, 0.15) is 5.75 Å². The molecular weight excluding hydrogens is 296 g/mol. The van der Waals surface area contributed by atoms with Crippen molar-refractivity contribution in [3.63, 3.8) is 0 Å². The SMILES string of the molecule is COC(=O)N1CCN(C(=O)Cc2cc(C)c(C)cc2OC)CC1. The van der Waals surface area contributed by atoms with E-state index in [1.807, 2.05) is 26.0 Å². The first kappa shape index (κ1) is 17.1. The number of amides is 2. The standard InChI is InChI=1S/C17H24N2O4/c1-12-9-14(15(22-3)10-13(12)2)11-16(20)18-5-7-19(8-6-18)17(21)23-4/h9-10H,5-8,11H2,1-4H3. The molecule has 0 spiro atoms. The Hall–Kier alpha value is -2.24. The molecule has 126 valence electrons. The zero-order chi connectivity index (χ0) is 17.0. The number of aryl methyl sites for hydroxylation is 2. The second-order valence-corrected chi connectivity index (χ2v) is 5.76. The maximum absolute atomic E-state index is 12.5. The van der Waals surface area contributed by atoms with Gasteiger partial charge in [0.25, 0.3) is 0 Å². The molecule has 0 N–H and O–H groups in total. The Bertz CT molecular complexity index is 593. The quantitative estimate of drug-likeness (QED) is 0.851. The van der Waals surface area contributed by atoms with Gasteiger partial charge in [0.05, 0.1) is 20.6 Å². The predicted octanol–water partition coefficient (Wildman–Crippen LogP) is 1.77. The highest BCUT2D eigenvalue weighted by Crippen LogP contribution is 2.24. The number of hydrogen-bond acceptors (Lipinski definition) is 4. The summed E-state index contributed by atoms with van der Waals surface area (Å²) in [6, 6.07) is 3.98. The van der Waals surface area contributed by atoms with Crippen molar-refractivity contribution in [1.82, 2.24) is 9.80 Å². The number of hydrogen-bond donors (Lipinski definition) is 0. The van der Waals surface area contributed by atoms with Crippen molar-refractivity contribution in [3.05, 3.63) is 28.8 Å². The molecule has 0 unspecified atom stereocenters. The van der Waals surface area contributed by atoms with E-state index in [1.54, 1.807) is 16.9 Å². The lowest BCUT2D eigenvalue weighted by molar-refractivity contribution is -0.132. The molecule has 0 aliphatic carbocycles. The molecule has 6 nitrogen and oxygen atoms in total. The molecular formula is C17H24N2O4. The van der Waals surface area contributed by atoms with Crippen molar-refractivity contribution >= 4 is 12.0 Å². The van der Waals surface area contributed by atoms with Crippen LogP contribution >= 0.6 is 0 Å². The van der Waals surface area contributed by atoms with Gasteiger partial charge in [-0.25, -0.2) is 4.79 Å². The first-order valence-corrected chi connectivity index (χ1v) is 7.71. The first-order chi connectivity index (χ1) is 11.0. The largest absolute Gasteiger partial charge is 0.496 e. The van der Waals surface area contributed by atoms with Crippen LogP contribution in [0.25, 0.3) is 0 Å². The van der Waals surface area contributed by atoms with Gasteiger partial charge in [0, 0.05) is 31.7 Å². The molecule has 23 heavy (non-hydrogen) atoms. The number of methoxy groups -OCH3 is 2. The van der Waals surface area contributed by atoms with Crippen LogP contribution in [0.5, 0.6) is 5.75 Å². The summed E-state index contributed by atoms with van der Waals surface area (Å²) < 4.78 is 10.1. The Morgan fingerprint density at radius 1 is 1.00 bits per heavy atom. The van der Waals surface area contributed by atoms with E-state index in [-0.39, 0.29) is 12.0 Å². The Morgan fingerprint density at radius 3 is 2.13 bits per heavy atom. The Morgan fingerprint density at radius 2 is 1.57 bits per heavy atom. The van der Waals surface area contributed by atoms with E-state index in [0.717, 1.165) is 22.4 Å². The van der Waals surface area contributed by atoms with E-state index < -0.39 is 0 Å². The normalized spacial score (nSPS) is 14.6. The predicted molar refractivity (Wildman–Crippen MR) is 86.7 cm³/mol. The summed E-state index contributed by atoms with van der Waals surface area (Å²) in [4.78, 5) is 27.4. The zero-order valence-electron chi connectivity index (χ0n) is 14.2. The average Bonchev–Trinajstić information content (AvgIpc) is 2.57. The van der Waals surface area contributed by atoms with Gasteiger partial charge < -0.3 is 19.3 Å². The van der Waals surface area contributed by atoms with Gasteiger partial charge in [0.15, 0.2) is 0 Å². The van der Waals surface area contributed by atoms with Crippen molar-refractivity contribution in [3.8, 4) is 5.75 Å². The lowest BCUT2D eigenvalue weighted by Crippen LogP contribution is -2.50. The molecule has 1 saturated heterocycles. The molecule has 1 fully saturated rings. The van der Waals surface area contributed by atoms with Gasteiger partial charge in [-0.05, 0) is 31.0 Å². The molecule has 1 aliphatic heterocycles. The minimum absolute atomic E-state index is 0.0519. The Balaban J connectivity index is 2.01. The fourth-order valence-electron chi connectivity index (χ4n) is 2.72. The molecule has 1 aromatic carbocycles. The summed E-state index contributed by atoms with van der Waals surface area (Å²) in [5.41, 5.74) is 3.19. The maximum Gasteiger partial charge on any atom is 0.409 e. The number of piperazine rings is 1. The highest BCUT2D eigenvalue weighted by molar-refractivity contribution is 5.80. The van der Waals surface area contributed by atoms with Gasteiger partial charge in [-0.1, -0.05) is 6.07 Å². The average molecular weight is 320 g/mol. The fraction of sp³-hybridized carbons (Fsp3) is 0.529. The number of benzene rings is 1. The minimum atomic E-state index is -0.340. The van der Waals surface area contributed by atoms with E-state index >= 15 is 0 Å². The summed E-state index contributed by atoms with van der Waals surface area (Å²) >= 11 is 0. The van der Waals surface area contributed by atoms with Gasteiger partial charge in [-0.2, -0.15) is 0 Å². The van der Waals surface area contributed by atoms with Crippen LogP contribution in [0.1, 0.15) is 16.7 Å². The third-order valence-electron chi connectivity index (χ3n) is 4.30. The summed E-state index contributed by atoms with van der Waals surface area (Å²) in [6.45, 7) is 6.11. The van der Waals surface area contributed by atoms with Crippen LogP contribution in [0.4, 0.5) is 4.79 Å². The van der Waals surface area contributed by atoms with Crippen LogP contribution in [0.3, 0.4) is 0 Å². The van der Waals surface area contributed by atoms with Gasteiger partial charge in [-0.3, -0.25) is 4.79 Å². The molecule has 0 aromatic heterocycles. The third kappa shape index (κ3) is 3.94. The number of carbonyl (C=O) groups is 2. The van der Waals surface area contributed by atoms with Crippen LogP contribution in [0, 0.1) is 13.8 Å². The molecule has 1 aliphatic rings. The second-order valence-electron chi connectivity index (χ2n) is 5.76. The number of carbonyl (C=O) groups excluding carboxylic acids is 2. The molecule has 0 saturated carbocycles. The molecule has 0 atom stereocenters. The van der Waals surface area contributed by atoms with Crippen LogP contribution in [0.2, 0.25) is 0 Å². The maximum atomic E-state index is 12.5. The summed E-state index contributed by atoms with van der Waals surface area (Å²) in [5.74, 6) is 0.797. The Labute approximate surface area is 137 Å². The third-order valence-corrected chi connectivity index (χ3v) is 4.30. The van der Waals surface area contributed by atoms with E-state index in [0.29, 0.717) is 32.6 Å². The monoisotopic (exact) mass is 320 g/mol. The van der Waals surface area contributed by atoms with Crippen LogP contribution < -0.4 is 4.74 Å². The van der Waals surface area contributed by atoms with Crippen molar-refractivity contribution in [2.45, 2.75) is 20.3 Å². The highest BCUT2D eigenvalue weighted by Gasteiger charge is 2.25. The fourth-order valence-corrected chi connectivity index (χ4v) is 2.72. The van der Waals surface area contributed by atoms with Crippen molar-refractivity contribution in [2.75, 3.05) is 40.4 Å². The van der Waals surface area contributed by atoms with Crippen molar-refractivity contribution in [2.24, 2.45) is 0 Å². The van der Waals surface area contributed by atoms with Crippen LogP contribution in [0.15, 0.2) is 12.1 Å². The highest BCUT2D eigenvalue weighted by atomic mass is 16.5. The van der Waals surface area contributed by atoms with Crippen molar-refractivity contribution in [1.29, 1.82) is 0 Å². The number of ether oxygens (including phenoxy) is 2. The number of nitrogens with zero attached hydrogens (tertiary/aromatic N) is 2. The van der Waals surface area contributed by atoms with E-state index in [9.17, 15) is 9.59 Å². The topological polar surface area (TPSA) is 59.1 Å². The van der Waals surface area contributed by atoms with E-state index in [2.05, 4.69) is 0 Å². The number of rotatable bonds is 3. The molecule has 6 heteroatoms. The van der Waals surface area contributed by atoms with Gasteiger partial charge in [-0.15, -0.1) is 0 Å². The first-order valence-electron chi connectivity index (χ1n) is 7.71. The van der Waals surface area contributed by atoms with E-state index in [1.165, 1.54) is 7.11 Å². The van der Waals surface area contributed by atoms with Gasteiger partial charge in [0.2, 0.25) is 5.91 Å². The Kier molecular flexibility index (Phi) is 5.47. The molecule has 2 amide bonds. The van der Waals surface area contributed by atoms with E-state index in [4.69, 9.17) is 9.47 Å². The van der Waals surface area contributed by atoms with Crippen LogP contribution in [-0.2, 0) is 16.0 Å². The summed E-state index contributed by atoms with van der Waals surface area (Å²) in [7, 11) is 2.99. The lowest BCUT2D eigenvalue weighted by Gasteiger charge is -2.34. The molecule has 0 radical (unpaired) electrons. The minimum Gasteiger partial charge on any atom is -0.496 e. The summed E-state index contributed by atoms with van der Waals surface area (Å²) in [5, 5.41) is 0. The zero-order valence-corrected chi connectivity index (χ0v) is 14.2. The second kappa shape index (κ2) is 7.35. The smallest absolute Gasteiger partial charge is 0.409 e. The van der Waals surface area contributed by atoms with Crippen LogP contribution in [-0.4, -0.2) is 62.2 Å². The summed E-state index contributed by atoms with van der Waals surface area (Å²) in [6.07, 6.45) is -0.0318.